The van der Waals surface area contributed by atoms with Crippen LogP contribution < -0.4 is 11.1 Å². The number of hydrogen-bond donors (Lipinski definition) is 2. The number of thiophene rings is 1. The summed E-state index contributed by atoms with van der Waals surface area (Å²) in [6, 6.07) is 2.38. The molecule has 0 saturated carbocycles. The number of carbonyl (C=O) groups is 1. The van der Waals surface area contributed by atoms with E-state index >= 15 is 0 Å². The second kappa shape index (κ2) is 5.88. The van der Waals surface area contributed by atoms with E-state index in [1.807, 2.05) is 11.4 Å². The molecule has 0 aliphatic carbocycles. The number of nitrogens with two attached hydrogens (primary N) is 1. The van der Waals surface area contributed by atoms with Gasteiger partial charge in [0.05, 0.1) is 5.56 Å². The zero-order valence-corrected chi connectivity index (χ0v) is 10.1. The molecule has 1 atom stereocenters. The van der Waals surface area contributed by atoms with Gasteiger partial charge in [-0.15, -0.1) is 11.3 Å². The summed E-state index contributed by atoms with van der Waals surface area (Å²) in [4.78, 5) is 12.0. The van der Waals surface area contributed by atoms with E-state index in [-0.39, 0.29) is 5.91 Å². The van der Waals surface area contributed by atoms with E-state index in [0.29, 0.717) is 11.6 Å². The van der Waals surface area contributed by atoms with Gasteiger partial charge in [0, 0.05) is 22.8 Å². The van der Waals surface area contributed by atoms with Crippen LogP contribution in [0.25, 0.3) is 0 Å². The smallest absolute Gasteiger partial charge is 0.249 e. The topological polar surface area (TPSA) is 55.1 Å². The lowest BCUT2D eigenvalue weighted by molar-refractivity contribution is 0.100. The second-order valence-electron chi connectivity index (χ2n) is 3.74. The Morgan fingerprint density at radius 2 is 2.40 bits per heavy atom. The molecule has 0 aliphatic heterocycles. The van der Waals surface area contributed by atoms with E-state index < -0.39 is 0 Å². The fourth-order valence-electron chi connectivity index (χ4n) is 1.41. The van der Waals surface area contributed by atoms with Gasteiger partial charge in [0.2, 0.25) is 5.91 Å². The highest BCUT2D eigenvalue weighted by atomic mass is 32.1. The SMILES string of the molecule is CCCC(C)NCc1cc(C(N)=O)cs1. The molecule has 0 aliphatic rings. The molecular weight excluding hydrogens is 208 g/mol. The predicted octanol–water partition coefficient (Wildman–Crippen LogP) is 2.13. The summed E-state index contributed by atoms with van der Waals surface area (Å²) < 4.78 is 0. The van der Waals surface area contributed by atoms with Gasteiger partial charge in [0.1, 0.15) is 0 Å². The van der Waals surface area contributed by atoms with E-state index in [4.69, 9.17) is 5.73 Å². The highest BCUT2D eigenvalue weighted by Crippen LogP contribution is 2.14. The van der Waals surface area contributed by atoms with Crippen molar-refractivity contribution in [1.29, 1.82) is 0 Å². The van der Waals surface area contributed by atoms with E-state index in [1.165, 1.54) is 12.8 Å². The van der Waals surface area contributed by atoms with Gasteiger partial charge in [-0.25, -0.2) is 0 Å². The average molecular weight is 226 g/mol. The van der Waals surface area contributed by atoms with E-state index in [2.05, 4.69) is 19.2 Å². The van der Waals surface area contributed by atoms with Crippen LogP contribution in [0.2, 0.25) is 0 Å². The fourth-order valence-corrected chi connectivity index (χ4v) is 2.24. The summed E-state index contributed by atoms with van der Waals surface area (Å²) in [7, 11) is 0. The molecule has 0 aromatic carbocycles. The van der Waals surface area contributed by atoms with Crippen molar-refractivity contribution in [2.24, 2.45) is 5.73 Å². The monoisotopic (exact) mass is 226 g/mol. The molecule has 3 N–H and O–H groups in total. The summed E-state index contributed by atoms with van der Waals surface area (Å²) in [5.41, 5.74) is 5.79. The van der Waals surface area contributed by atoms with Gasteiger partial charge < -0.3 is 11.1 Å². The summed E-state index contributed by atoms with van der Waals surface area (Å²) in [6.45, 7) is 5.17. The highest BCUT2D eigenvalue weighted by molar-refractivity contribution is 7.10. The third-order valence-corrected chi connectivity index (χ3v) is 3.22. The molecule has 0 radical (unpaired) electrons. The lowest BCUT2D eigenvalue weighted by Gasteiger charge is -2.10. The molecule has 4 heteroatoms. The minimum Gasteiger partial charge on any atom is -0.366 e. The second-order valence-corrected chi connectivity index (χ2v) is 4.73. The summed E-state index contributed by atoms with van der Waals surface area (Å²) in [5, 5.41) is 5.22. The number of carbonyl (C=O) groups excluding carboxylic acids is 1. The highest BCUT2D eigenvalue weighted by Gasteiger charge is 2.05. The molecule has 0 spiro atoms. The molecule has 1 aromatic heterocycles. The van der Waals surface area contributed by atoms with Crippen molar-refractivity contribution in [2.75, 3.05) is 0 Å². The van der Waals surface area contributed by atoms with Gasteiger partial charge in [0.25, 0.3) is 0 Å². The number of nitrogens with one attached hydrogen (secondary N) is 1. The number of rotatable bonds is 6. The van der Waals surface area contributed by atoms with Crippen molar-refractivity contribution in [3.05, 3.63) is 21.9 Å². The van der Waals surface area contributed by atoms with E-state index in [1.54, 1.807) is 11.3 Å². The lowest BCUT2D eigenvalue weighted by Crippen LogP contribution is -2.24. The third-order valence-electron chi connectivity index (χ3n) is 2.28. The van der Waals surface area contributed by atoms with Crippen molar-refractivity contribution in [3.8, 4) is 0 Å². The van der Waals surface area contributed by atoms with Crippen LogP contribution in [0.5, 0.6) is 0 Å². The minimum atomic E-state index is -0.348. The van der Waals surface area contributed by atoms with Gasteiger partial charge in [-0.05, 0) is 19.4 Å². The first-order chi connectivity index (χ1) is 7.13. The first-order valence-electron chi connectivity index (χ1n) is 5.24. The molecule has 0 fully saturated rings. The normalized spacial score (nSPS) is 12.7. The first kappa shape index (κ1) is 12.2. The Morgan fingerprint density at radius 1 is 1.67 bits per heavy atom. The average Bonchev–Trinajstić information content (AvgIpc) is 2.63. The van der Waals surface area contributed by atoms with Crippen molar-refractivity contribution in [1.82, 2.24) is 5.32 Å². The van der Waals surface area contributed by atoms with E-state index in [9.17, 15) is 4.79 Å². The van der Waals surface area contributed by atoms with Crippen molar-refractivity contribution in [3.63, 3.8) is 0 Å². The van der Waals surface area contributed by atoms with Gasteiger partial charge in [-0.1, -0.05) is 13.3 Å². The zero-order valence-electron chi connectivity index (χ0n) is 9.25. The Kier molecular flexibility index (Phi) is 4.78. The van der Waals surface area contributed by atoms with Crippen LogP contribution >= 0.6 is 11.3 Å². The Hall–Kier alpha value is -0.870. The molecule has 1 amide bonds. The fraction of sp³-hybridized carbons (Fsp3) is 0.545. The zero-order chi connectivity index (χ0) is 11.3. The largest absolute Gasteiger partial charge is 0.366 e. The summed E-state index contributed by atoms with van der Waals surface area (Å²) in [5.74, 6) is -0.348. The van der Waals surface area contributed by atoms with Crippen molar-refractivity contribution in [2.45, 2.75) is 39.3 Å². The molecule has 1 heterocycles. The quantitative estimate of drug-likeness (QED) is 0.780. The maximum atomic E-state index is 10.9. The van der Waals surface area contributed by atoms with Crippen LogP contribution in [-0.2, 0) is 6.54 Å². The van der Waals surface area contributed by atoms with Gasteiger partial charge >= 0.3 is 0 Å². The number of hydrogen-bond acceptors (Lipinski definition) is 3. The predicted molar refractivity (Wildman–Crippen MR) is 64.0 cm³/mol. The molecule has 84 valence electrons. The molecule has 1 rings (SSSR count). The Morgan fingerprint density at radius 3 is 2.93 bits per heavy atom. The molecule has 0 saturated heterocycles. The van der Waals surface area contributed by atoms with E-state index in [0.717, 1.165) is 11.4 Å². The van der Waals surface area contributed by atoms with Crippen LogP contribution in [0.3, 0.4) is 0 Å². The van der Waals surface area contributed by atoms with Crippen molar-refractivity contribution < 1.29 is 4.79 Å². The Bertz CT molecular complexity index is 322. The van der Waals surface area contributed by atoms with Crippen molar-refractivity contribution >= 4 is 17.2 Å². The van der Waals surface area contributed by atoms with Gasteiger partial charge in [-0.2, -0.15) is 0 Å². The first-order valence-corrected chi connectivity index (χ1v) is 6.12. The van der Waals surface area contributed by atoms with Crippen LogP contribution in [0.4, 0.5) is 0 Å². The molecule has 1 unspecified atom stereocenters. The third kappa shape index (κ3) is 4.01. The molecule has 3 nitrogen and oxygen atoms in total. The maximum absolute atomic E-state index is 10.9. The van der Waals surface area contributed by atoms with Crippen LogP contribution in [-0.4, -0.2) is 11.9 Å². The Balaban J connectivity index is 2.40. The summed E-state index contributed by atoms with van der Waals surface area (Å²) >= 11 is 1.57. The molecule has 15 heavy (non-hydrogen) atoms. The van der Waals surface area contributed by atoms with Gasteiger partial charge in [-0.3, -0.25) is 4.79 Å². The van der Waals surface area contributed by atoms with Crippen LogP contribution in [0.1, 0.15) is 41.9 Å². The number of amides is 1. The Labute approximate surface area is 94.7 Å². The summed E-state index contributed by atoms with van der Waals surface area (Å²) in [6.07, 6.45) is 2.36. The molecule has 0 bridgehead atoms. The number of primary amides is 1. The van der Waals surface area contributed by atoms with Crippen LogP contribution in [0.15, 0.2) is 11.4 Å². The van der Waals surface area contributed by atoms with Gasteiger partial charge in [0.15, 0.2) is 0 Å². The molecule has 1 aromatic rings. The lowest BCUT2D eigenvalue weighted by atomic mass is 10.2. The maximum Gasteiger partial charge on any atom is 0.249 e. The minimum absolute atomic E-state index is 0.348. The van der Waals surface area contributed by atoms with Crippen LogP contribution in [0, 0.1) is 0 Å². The standard InChI is InChI=1S/C11H18N2OS/c1-3-4-8(2)13-6-10-5-9(7-15-10)11(12)14/h5,7-8,13H,3-4,6H2,1-2H3,(H2,12,14). The molecular formula is C11H18N2OS.